The molecule has 2 aromatic rings. The van der Waals surface area contributed by atoms with Crippen LogP contribution in [0.2, 0.25) is 0 Å². The van der Waals surface area contributed by atoms with E-state index < -0.39 is 0 Å². The number of nitrogens with zero attached hydrogens (tertiary/aromatic N) is 3. The summed E-state index contributed by atoms with van der Waals surface area (Å²) in [6.07, 6.45) is 2.40. The van der Waals surface area contributed by atoms with E-state index in [-0.39, 0.29) is 17.4 Å². The first-order valence-electron chi connectivity index (χ1n) is 8.90. The number of amides is 2. The summed E-state index contributed by atoms with van der Waals surface area (Å²) in [7, 11) is 1.98. The molecule has 136 valence electrons. The maximum Gasteiger partial charge on any atom is 0.257 e. The van der Waals surface area contributed by atoms with E-state index in [2.05, 4.69) is 4.90 Å². The molecule has 1 spiro atoms. The summed E-state index contributed by atoms with van der Waals surface area (Å²) in [5.74, 6) is 0.749. The van der Waals surface area contributed by atoms with Crippen LogP contribution in [0.15, 0.2) is 47.1 Å². The molecule has 0 unspecified atom stereocenters. The zero-order valence-electron chi connectivity index (χ0n) is 15.1. The molecule has 1 atom stereocenters. The number of likely N-dealkylation sites (N-methyl/N-ethyl adjacent to an activating group) is 1. The van der Waals surface area contributed by atoms with Crippen molar-refractivity contribution in [2.45, 2.75) is 18.9 Å². The Labute approximate surface area is 153 Å². The van der Waals surface area contributed by atoms with Gasteiger partial charge < -0.3 is 14.2 Å². The summed E-state index contributed by atoms with van der Waals surface area (Å²) in [5.41, 5.74) is 1.33. The highest BCUT2D eigenvalue weighted by Gasteiger charge is 2.48. The van der Waals surface area contributed by atoms with Crippen molar-refractivity contribution in [2.75, 3.05) is 38.1 Å². The molecule has 6 nitrogen and oxygen atoms in total. The highest BCUT2D eigenvalue weighted by Crippen LogP contribution is 2.34. The molecule has 4 rings (SSSR count). The Bertz CT molecular complexity index is 832. The molecule has 2 fully saturated rings. The zero-order valence-corrected chi connectivity index (χ0v) is 15.1. The van der Waals surface area contributed by atoms with Crippen molar-refractivity contribution in [3.63, 3.8) is 0 Å². The smallest absolute Gasteiger partial charge is 0.257 e. The molecule has 2 aliphatic heterocycles. The molecular formula is C20H23N3O3. The van der Waals surface area contributed by atoms with Gasteiger partial charge in [-0.25, -0.2) is 0 Å². The third kappa shape index (κ3) is 2.70. The van der Waals surface area contributed by atoms with Gasteiger partial charge in [-0.1, -0.05) is 18.2 Å². The van der Waals surface area contributed by atoms with Crippen LogP contribution in [0.1, 0.15) is 22.5 Å². The maximum atomic E-state index is 12.8. The van der Waals surface area contributed by atoms with Crippen molar-refractivity contribution in [2.24, 2.45) is 0 Å². The molecule has 0 N–H and O–H groups in total. The fourth-order valence-electron chi connectivity index (χ4n) is 4.05. The minimum atomic E-state index is -0.211. The SMILES string of the molecule is Cc1occc1C(=O)N1CC[C@]2(C1)CN(c1ccccc1)C(=O)CN2C. The predicted molar refractivity (Wildman–Crippen MR) is 98.1 cm³/mol. The number of benzene rings is 1. The van der Waals surface area contributed by atoms with Crippen LogP contribution in [0.3, 0.4) is 0 Å². The Kier molecular flexibility index (Phi) is 4.07. The Hall–Kier alpha value is -2.60. The molecule has 2 aliphatic rings. The summed E-state index contributed by atoms with van der Waals surface area (Å²) in [4.78, 5) is 31.3. The van der Waals surface area contributed by atoms with Crippen LogP contribution in [0, 0.1) is 6.92 Å². The van der Waals surface area contributed by atoms with Crippen molar-refractivity contribution in [3.05, 3.63) is 54.0 Å². The van der Waals surface area contributed by atoms with E-state index in [9.17, 15) is 9.59 Å². The average molecular weight is 353 g/mol. The fraction of sp³-hybridized carbons (Fsp3) is 0.400. The van der Waals surface area contributed by atoms with Gasteiger partial charge in [-0.15, -0.1) is 0 Å². The summed E-state index contributed by atoms with van der Waals surface area (Å²) < 4.78 is 5.28. The second kappa shape index (κ2) is 6.29. The van der Waals surface area contributed by atoms with Crippen LogP contribution >= 0.6 is 0 Å². The van der Waals surface area contributed by atoms with Crippen molar-refractivity contribution < 1.29 is 14.0 Å². The highest BCUT2D eigenvalue weighted by atomic mass is 16.3. The molecule has 6 heteroatoms. The molecule has 0 aliphatic carbocycles. The van der Waals surface area contributed by atoms with E-state index in [4.69, 9.17) is 4.42 Å². The van der Waals surface area contributed by atoms with Gasteiger partial charge in [0.05, 0.1) is 23.9 Å². The second-order valence-electron chi connectivity index (χ2n) is 7.26. The molecule has 1 aromatic carbocycles. The Morgan fingerprint density at radius 2 is 1.92 bits per heavy atom. The highest BCUT2D eigenvalue weighted by molar-refractivity contribution is 5.97. The number of piperazine rings is 1. The van der Waals surface area contributed by atoms with E-state index >= 15 is 0 Å². The Morgan fingerprint density at radius 1 is 1.15 bits per heavy atom. The van der Waals surface area contributed by atoms with Crippen molar-refractivity contribution >= 4 is 17.5 Å². The molecule has 0 saturated carbocycles. The third-order valence-corrected chi connectivity index (χ3v) is 5.71. The van der Waals surface area contributed by atoms with Crippen molar-refractivity contribution in [1.29, 1.82) is 0 Å². The van der Waals surface area contributed by atoms with Gasteiger partial charge in [0, 0.05) is 25.3 Å². The molecule has 1 aromatic heterocycles. The first-order valence-corrected chi connectivity index (χ1v) is 8.90. The molecule has 26 heavy (non-hydrogen) atoms. The molecule has 2 saturated heterocycles. The summed E-state index contributed by atoms with van der Waals surface area (Å²) in [6, 6.07) is 11.5. The first-order chi connectivity index (χ1) is 12.5. The number of rotatable bonds is 2. The number of hydrogen-bond acceptors (Lipinski definition) is 4. The van der Waals surface area contributed by atoms with Crippen LogP contribution in [0.25, 0.3) is 0 Å². The number of anilines is 1. The second-order valence-corrected chi connectivity index (χ2v) is 7.26. The number of furan rings is 1. The van der Waals surface area contributed by atoms with Crippen LogP contribution in [0.5, 0.6) is 0 Å². The van der Waals surface area contributed by atoms with E-state index in [1.165, 1.54) is 0 Å². The normalized spacial score (nSPS) is 23.8. The number of carbonyl (C=O) groups excluding carboxylic acids is 2. The minimum Gasteiger partial charge on any atom is -0.469 e. The molecule has 0 radical (unpaired) electrons. The number of hydrogen-bond donors (Lipinski definition) is 0. The lowest BCUT2D eigenvalue weighted by Gasteiger charge is -2.46. The van der Waals surface area contributed by atoms with Crippen molar-refractivity contribution in [3.8, 4) is 0 Å². The van der Waals surface area contributed by atoms with Crippen LogP contribution < -0.4 is 4.90 Å². The average Bonchev–Trinajstić information content (AvgIpc) is 3.26. The Morgan fingerprint density at radius 3 is 2.62 bits per heavy atom. The monoisotopic (exact) mass is 353 g/mol. The van der Waals surface area contributed by atoms with Gasteiger partial charge in [-0.3, -0.25) is 14.5 Å². The van der Waals surface area contributed by atoms with Gasteiger partial charge in [-0.05, 0) is 38.6 Å². The minimum absolute atomic E-state index is 0.00434. The summed E-state index contributed by atoms with van der Waals surface area (Å²) >= 11 is 0. The van der Waals surface area contributed by atoms with E-state index in [1.807, 2.05) is 54.1 Å². The number of aryl methyl sites for hydroxylation is 1. The van der Waals surface area contributed by atoms with E-state index in [1.54, 1.807) is 12.3 Å². The first kappa shape index (κ1) is 16.8. The van der Waals surface area contributed by atoms with E-state index in [0.717, 1.165) is 12.1 Å². The van der Waals surface area contributed by atoms with Gasteiger partial charge in [0.1, 0.15) is 5.76 Å². The van der Waals surface area contributed by atoms with E-state index in [0.29, 0.717) is 37.5 Å². The molecule has 0 bridgehead atoms. The molecule has 2 amide bonds. The van der Waals surface area contributed by atoms with Crippen LogP contribution in [-0.2, 0) is 4.79 Å². The van der Waals surface area contributed by atoms with Crippen LogP contribution in [0.4, 0.5) is 5.69 Å². The summed E-state index contributed by atoms with van der Waals surface area (Å²) in [6.45, 7) is 4.07. The van der Waals surface area contributed by atoms with Gasteiger partial charge in [0.15, 0.2) is 0 Å². The Balaban J connectivity index is 1.57. The zero-order chi connectivity index (χ0) is 18.3. The topological polar surface area (TPSA) is 57.0 Å². The van der Waals surface area contributed by atoms with Gasteiger partial charge in [-0.2, -0.15) is 0 Å². The molecular weight excluding hydrogens is 330 g/mol. The fourth-order valence-corrected chi connectivity index (χ4v) is 4.05. The number of likely N-dealkylation sites (tertiary alicyclic amines) is 1. The lowest BCUT2D eigenvalue weighted by atomic mass is 9.92. The lowest BCUT2D eigenvalue weighted by Crippen LogP contribution is -2.64. The third-order valence-electron chi connectivity index (χ3n) is 5.71. The standard InChI is InChI=1S/C20H23N3O3/c1-15-17(8-11-26-15)19(25)22-10-9-20(13-22)14-23(18(24)12-21(20)2)16-6-4-3-5-7-16/h3-8,11H,9-10,12-14H2,1-2H3/t20-/m0/s1. The van der Waals surface area contributed by atoms with Gasteiger partial charge in [0.2, 0.25) is 5.91 Å². The van der Waals surface area contributed by atoms with Crippen LogP contribution in [-0.4, -0.2) is 60.4 Å². The maximum absolute atomic E-state index is 12.8. The number of para-hydroxylation sites is 1. The molecule has 3 heterocycles. The quantitative estimate of drug-likeness (QED) is 0.830. The van der Waals surface area contributed by atoms with Gasteiger partial charge >= 0.3 is 0 Å². The predicted octanol–water partition coefficient (Wildman–Crippen LogP) is 2.15. The van der Waals surface area contributed by atoms with Gasteiger partial charge in [0.25, 0.3) is 5.91 Å². The lowest BCUT2D eigenvalue weighted by molar-refractivity contribution is -0.123. The summed E-state index contributed by atoms with van der Waals surface area (Å²) in [5, 5.41) is 0. The number of carbonyl (C=O) groups is 2. The largest absolute Gasteiger partial charge is 0.469 e. The van der Waals surface area contributed by atoms with Crippen molar-refractivity contribution in [1.82, 2.24) is 9.80 Å².